The number of fused-ring (bicyclic) bond motifs is 1. The highest BCUT2D eigenvalue weighted by Crippen LogP contribution is 2.27. The van der Waals surface area contributed by atoms with Gasteiger partial charge in [0.25, 0.3) is 0 Å². The third kappa shape index (κ3) is 5.49. The van der Waals surface area contributed by atoms with Crippen LogP contribution in [0.25, 0.3) is 0 Å². The van der Waals surface area contributed by atoms with Crippen molar-refractivity contribution in [3.05, 3.63) is 58.6 Å². The van der Waals surface area contributed by atoms with Crippen molar-refractivity contribution in [2.24, 2.45) is 0 Å². The summed E-state index contributed by atoms with van der Waals surface area (Å²) in [6, 6.07) is 14.4. The first-order chi connectivity index (χ1) is 12.0. The molecule has 0 fully saturated rings. The van der Waals surface area contributed by atoms with Crippen LogP contribution in [0.4, 0.5) is 11.4 Å². The van der Waals surface area contributed by atoms with Gasteiger partial charge >= 0.3 is 5.69 Å². The van der Waals surface area contributed by atoms with Crippen LogP contribution in [0.2, 0.25) is 0 Å². The number of nitrogens with one attached hydrogen (secondary N) is 1. The molecule has 1 heterocycles. The highest BCUT2D eigenvalue weighted by Gasteiger charge is 2.14. The van der Waals surface area contributed by atoms with Crippen molar-refractivity contribution in [3.63, 3.8) is 0 Å². The summed E-state index contributed by atoms with van der Waals surface area (Å²) >= 11 is 0. The van der Waals surface area contributed by atoms with Gasteiger partial charge in [-0.3, -0.25) is 14.9 Å². The van der Waals surface area contributed by atoms with Crippen molar-refractivity contribution in [3.8, 4) is 11.5 Å². The van der Waals surface area contributed by atoms with Gasteiger partial charge in [-0.15, -0.1) is 0 Å². The second kappa shape index (κ2) is 8.68. The van der Waals surface area contributed by atoms with E-state index in [9.17, 15) is 14.9 Å². The van der Waals surface area contributed by atoms with E-state index in [1.54, 1.807) is 12.1 Å². The monoisotopic (exact) mass is 344 g/mol. The number of ketones is 1. The SMILES string of the molecule is CC(=O)COc1ccccc1[N+](=O)[O-].CC1COc2ccccc2N1. The minimum absolute atomic E-state index is 0.118. The minimum Gasteiger partial charge on any atom is -0.489 e. The lowest BCUT2D eigenvalue weighted by Crippen LogP contribution is -2.27. The molecule has 0 aliphatic carbocycles. The summed E-state index contributed by atoms with van der Waals surface area (Å²) in [7, 11) is 0. The van der Waals surface area contributed by atoms with E-state index in [1.165, 1.54) is 19.1 Å². The summed E-state index contributed by atoms with van der Waals surface area (Å²) in [4.78, 5) is 20.6. The zero-order valence-corrected chi connectivity index (χ0v) is 14.1. The molecule has 0 saturated carbocycles. The summed E-state index contributed by atoms with van der Waals surface area (Å²) in [6.45, 7) is 4.08. The average molecular weight is 344 g/mol. The number of nitrogens with zero attached hydrogens (tertiary/aromatic N) is 1. The molecular weight excluding hydrogens is 324 g/mol. The minimum atomic E-state index is -0.546. The number of hydrogen-bond donors (Lipinski definition) is 1. The molecule has 0 amide bonds. The van der Waals surface area contributed by atoms with Crippen molar-refractivity contribution in [2.75, 3.05) is 18.5 Å². The normalized spacial score (nSPS) is 14.7. The molecule has 1 aliphatic heterocycles. The fraction of sp³-hybridized carbons (Fsp3) is 0.278. The van der Waals surface area contributed by atoms with Crippen molar-refractivity contribution in [1.82, 2.24) is 0 Å². The fourth-order valence-corrected chi connectivity index (χ4v) is 2.14. The summed E-state index contributed by atoms with van der Waals surface area (Å²) in [5.41, 5.74) is 0.972. The third-order valence-corrected chi connectivity index (χ3v) is 3.27. The number of carbonyl (C=O) groups is 1. The molecule has 0 spiro atoms. The molecule has 132 valence electrons. The Morgan fingerprint density at radius 3 is 2.68 bits per heavy atom. The molecule has 1 unspecified atom stereocenters. The first-order valence-electron chi connectivity index (χ1n) is 7.81. The van der Waals surface area contributed by atoms with Crippen molar-refractivity contribution < 1.29 is 19.2 Å². The van der Waals surface area contributed by atoms with E-state index in [4.69, 9.17) is 9.47 Å². The Morgan fingerprint density at radius 1 is 1.28 bits per heavy atom. The molecule has 2 aromatic carbocycles. The predicted octanol–water partition coefficient (Wildman–Crippen LogP) is 3.44. The van der Waals surface area contributed by atoms with Crippen molar-refractivity contribution in [2.45, 2.75) is 19.9 Å². The molecule has 25 heavy (non-hydrogen) atoms. The number of nitro benzene ring substituents is 1. The van der Waals surface area contributed by atoms with Gasteiger partial charge in [0.2, 0.25) is 0 Å². The molecule has 7 nitrogen and oxygen atoms in total. The Hall–Kier alpha value is -3.09. The van der Waals surface area contributed by atoms with Gasteiger partial charge in [0.05, 0.1) is 16.7 Å². The van der Waals surface area contributed by atoms with Crippen LogP contribution in [-0.2, 0) is 4.79 Å². The maximum Gasteiger partial charge on any atom is 0.310 e. The van der Waals surface area contributed by atoms with E-state index >= 15 is 0 Å². The van der Waals surface area contributed by atoms with Crippen LogP contribution in [0.15, 0.2) is 48.5 Å². The molecule has 7 heteroatoms. The van der Waals surface area contributed by atoms with E-state index in [0.29, 0.717) is 6.04 Å². The molecule has 3 rings (SSSR count). The quantitative estimate of drug-likeness (QED) is 0.675. The highest BCUT2D eigenvalue weighted by atomic mass is 16.6. The number of para-hydroxylation sites is 4. The number of Topliss-reactive ketones (excluding diaryl/α,β-unsaturated/α-hetero) is 1. The molecule has 0 saturated heterocycles. The first kappa shape index (κ1) is 18.3. The lowest BCUT2D eigenvalue weighted by atomic mass is 10.2. The zero-order chi connectivity index (χ0) is 18.2. The molecule has 2 aromatic rings. The Morgan fingerprint density at radius 2 is 1.96 bits per heavy atom. The van der Waals surface area contributed by atoms with E-state index in [0.717, 1.165) is 18.0 Å². The standard InChI is InChI=1S/C9H9NO4.C9H11NO/c1-7(11)6-14-9-5-3-2-4-8(9)10(12)13;1-7-6-11-9-5-3-2-4-8(9)10-7/h2-5H,6H2,1H3;2-5,7,10H,6H2,1H3. The Balaban J connectivity index is 0.000000185. The van der Waals surface area contributed by atoms with Crippen LogP contribution in [0.3, 0.4) is 0 Å². The first-order valence-corrected chi connectivity index (χ1v) is 7.81. The van der Waals surface area contributed by atoms with Gasteiger partial charge in [0.1, 0.15) is 19.0 Å². The molecule has 1 atom stereocenters. The number of carbonyl (C=O) groups excluding carboxylic acids is 1. The van der Waals surface area contributed by atoms with Gasteiger partial charge < -0.3 is 14.8 Å². The largest absolute Gasteiger partial charge is 0.489 e. The third-order valence-electron chi connectivity index (χ3n) is 3.27. The second-order valence-corrected chi connectivity index (χ2v) is 5.57. The van der Waals surface area contributed by atoms with Gasteiger partial charge in [-0.2, -0.15) is 0 Å². The molecule has 0 radical (unpaired) electrons. The molecule has 0 aromatic heterocycles. The molecule has 1 N–H and O–H groups in total. The summed E-state index contributed by atoms with van der Waals surface area (Å²) in [5, 5.41) is 13.8. The maximum atomic E-state index is 10.6. The number of benzene rings is 2. The topological polar surface area (TPSA) is 90.7 Å². The molecule has 1 aliphatic rings. The van der Waals surface area contributed by atoms with Crippen LogP contribution in [0.5, 0.6) is 11.5 Å². The van der Waals surface area contributed by atoms with Gasteiger partial charge in [0.15, 0.2) is 11.5 Å². The van der Waals surface area contributed by atoms with Crippen molar-refractivity contribution in [1.29, 1.82) is 0 Å². The van der Waals surface area contributed by atoms with Crippen LogP contribution < -0.4 is 14.8 Å². The van der Waals surface area contributed by atoms with E-state index < -0.39 is 4.92 Å². The van der Waals surface area contributed by atoms with Gasteiger partial charge in [-0.25, -0.2) is 0 Å². The predicted molar refractivity (Wildman–Crippen MR) is 94.3 cm³/mol. The molecule has 0 bridgehead atoms. The highest BCUT2D eigenvalue weighted by molar-refractivity contribution is 5.77. The number of rotatable bonds is 4. The number of nitro groups is 1. The lowest BCUT2D eigenvalue weighted by Gasteiger charge is -2.24. The van der Waals surface area contributed by atoms with E-state index in [1.807, 2.05) is 24.3 Å². The number of hydrogen-bond acceptors (Lipinski definition) is 6. The summed E-state index contributed by atoms with van der Waals surface area (Å²) in [5.74, 6) is 0.904. The zero-order valence-electron chi connectivity index (χ0n) is 14.1. The Bertz CT molecular complexity index is 748. The van der Waals surface area contributed by atoms with Crippen LogP contribution in [0.1, 0.15) is 13.8 Å². The number of ether oxygens (including phenoxy) is 2. The van der Waals surface area contributed by atoms with Gasteiger partial charge in [-0.05, 0) is 32.0 Å². The van der Waals surface area contributed by atoms with Gasteiger partial charge in [-0.1, -0.05) is 24.3 Å². The lowest BCUT2D eigenvalue weighted by molar-refractivity contribution is -0.385. The fourth-order valence-electron chi connectivity index (χ4n) is 2.14. The smallest absolute Gasteiger partial charge is 0.310 e. The average Bonchev–Trinajstić information content (AvgIpc) is 2.60. The summed E-state index contributed by atoms with van der Waals surface area (Å²) < 4.78 is 10.4. The van der Waals surface area contributed by atoms with Crippen LogP contribution in [-0.4, -0.2) is 30.0 Å². The Labute approximate surface area is 145 Å². The van der Waals surface area contributed by atoms with E-state index in [2.05, 4.69) is 12.2 Å². The Kier molecular flexibility index (Phi) is 6.33. The summed E-state index contributed by atoms with van der Waals surface area (Å²) in [6.07, 6.45) is 0. The van der Waals surface area contributed by atoms with Gasteiger partial charge in [0, 0.05) is 6.07 Å². The maximum absolute atomic E-state index is 10.6. The number of anilines is 1. The van der Waals surface area contributed by atoms with Crippen molar-refractivity contribution >= 4 is 17.2 Å². The molecular formula is C18H20N2O5. The van der Waals surface area contributed by atoms with Crippen LogP contribution in [0, 0.1) is 10.1 Å². The van der Waals surface area contributed by atoms with E-state index in [-0.39, 0.29) is 23.8 Å². The van der Waals surface area contributed by atoms with Crippen LogP contribution >= 0.6 is 0 Å². The second-order valence-electron chi connectivity index (χ2n) is 5.57.